The Morgan fingerprint density at radius 2 is 1.87 bits per heavy atom. The molecule has 202 valence electrons. The van der Waals surface area contributed by atoms with Gasteiger partial charge in [0.25, 0.3) is 11.9 Å². The molecule has 13 heteroatoms. The van der Waals surface area contributed by atoms with E-state index >= 15 is 0 Å². The molecule has 13 nitrogen and oxygen atoms in total. The smallest absolute Gasteiger partial charge is 0.350 e. The van der Waals surface area contributed by atoms with Gasteiger partial charge in [0.2, 0.25) is 5.75 Å². The van der Waals surface area contributed by atoms with Crippen LogP contribution in [0.1, 0.15) is 35.4 Å². The lowest BCUT2D eigenvalue weighted by Gasteiger charge is -2.23. The van der Waals surface area contributed by atoms with Crippen LogP contribution in [0.25, 0.3) is 5.95 Å². The first-order valence-corrected chi connectivity index (χ1v) is 11.8. The van der Waals surface area contributed by atoms with Crippen molar-refractivity contribution >= 4 is 11.8 Å². The number of rotatable bonds is 7. The van der Waals surface area contributed by atoms with Gasteiger partial charge in [-0.15, -0.1) is 9.78 Å². The molecule has 0 saturated carbocycles. The third-order valence-electron chi connectivity index (χ3n) is 5.66. The van der Waals surface area contributed by atoms with Crippen molar-refractivity contribution in [3.05, 3.63) is 87.9 Å². The molecule has 1 unspecified atom stereocenters. The topological polar surface area (TPSA) is 191 Å². The number of nitrogens with two attached hydrogens (primary N) is 1. The Labute approximate surface area is 222 Å². The van der Waals surface area contributed by atoms with Crippen LogP contribution >= 0.6 is 0 Å². The Bertz CT molecular complexity index is 1500. The van der Waals surface area contributed by atoms with Crippen LogP contribution in [0.3, 0.4) is 0 Å². The zero-order valence-corrected chi connectivity index (χ0v) is 21.2. The van der Waals surface area contributed by atoms with E-state index in [2.05, 4.69) is 20.1 Å². The summed E-state index contributed by atoms with van der Waals surface area (Å²) >= 11 is 0. The van der Waals surface area contributed by atoms with E-state index in [1.54, 1.807) is 37.7 Å². The fraction of sp³-hybridized carbons (Fsp3) is 0.231. The zero-order valence-electron chi connectivity index (χ0n) is 21.2. The quantitative estimate of drug-likeness (QED) is 0.201. The summed E-state index contributed by atoms with van der Waals surface area (Å²) in [5.74, 6) is 1.03. The molecule has 0 bridgehead atoms. The lowest BCUT2D eigenvalue weighted by Crippen LogP contribution is -2.18. The van der Waals surface area contributed by atoms with E-state index in [1.807, 2.05) is 24.3 Å². The van der Waals surface area contributed by atoms with E-state index in [9.17, 15) is 4.79 Å². The van der Waals surface area contributed by atoms with Crippen molar-refractivity contribution in [1.82, 2.24) is 24.7 Å². The minimum Gasteiger partial charge on any atom is -0.493 e. The van der Waals surface area contributed by atoms with Gasteiger partial charge >= 0.3 is 5.69 Å². The number of benzene rings is 2. The Kier molecular flexibility index (Phi) is 8.19. The Morgan fingerprint density at radius 1 is 1.21 bits per heavy atom. The maximum absolute atomic E-state index is 12.8. The second-order valence-corrected chi connectivity index (χ2v) is 8.41. The van der Waals surface area contributed by atoms with E-state index in [-0.39, 0.29) is 17.7 Å². The van der Waals surface area contributed by atoms with Crippen LogP contribution in [0.5, 0.6) is 17.2 Å². The van der Waals surface area contributed by atoms with Crippen molar-refractivity contribution in [2.24, 2.45) is 5.73 Å². The molecule has 3 heterocycles. The van der Waals surface area contributed by atoms with Crippen LogP contribution in [0.15, 0.2) is 59.7 Å². The number of nitrogens with one attached hydrogen (secondary N) is 2. The van der Waals surface area contributed by atoms with Crippen LogP contribution in [-0.4, -0.2) is 62.0 Å². The van der Waals surface area contributed by atoms with Gasteiger partial charge in [-0.1, -0.05) is 24.3 Å². The van der Waals surface area contributed by atoms with Crippen molar-refractivity contribution in [2.45, 2.75) is 19.3 Å². The molecule has 39 heavy (non-hydrogen) atoms. The molecule has 1 aliphatic rings. The molecule has 0 radical (unpaired) electrons. The van der Waals surface area contributed by atoms with Gasteiger partial charge in [0.05, 0.1) is 7.11 Å². The fourth-order valence-corrected chi connectivity index (χ4v) is 3.96. The standard InChI is InChI=1S/C24H23N7O4.C2H4O2/c1-33-18-12-16(13-19-20(18)35-10-9-34-19)17(11-14-3-5-15(6-4-14)21(25)26)22-29-24(32)31(30-22)23-27-7-2-8-28-23;1-2(3)4/h2-8,12-13,17H,9-11H2,1H3,(H3,25,26)(H,29,30,32);1H3,(H,3,4). The highest BCUT2D eigenvalue weighted by Gasteiger charge is 2.26. The molecular weight excluding hydrogens is 506 g/mol. The summed E-state index contributed by atoms with van der Waals surface area (Å²) in [6.45, 7) is 1.94. The Balaban J connectivity index is 0.000000826. The van der Waals surface area contributed by atoms with E-state index < -0.39 is 11.7 Å². The van der Waals surface area contributed by atoms with Gasteiger partial charge in [0.1, 0.15) is 24.9 Å². The van der Waals surface area contributed by atoms with E-state index in [1.165, 1.54) is 0 Å². The molecule has 1 atom stereocenters. The number of H-pyrrole nitrogens is 1. The van der Waals surface area contributed by atoms with Gasteiger partial charge in [-0.3, -0.25) is 15.2 Å². The summed E-state index contributed by atoms with van der Waals surface area (Å²) in [5.41, 5.74) is 7.55. The number of nitrogens with zero attached hydrogens (tertiary/aromatic N) is 4. The number of aromatic amines is 1. The largest absolute Gasteiger partial charge is 0.493 e. The second-order valence-electron chi connectivity index (χ2n) is 8.41. The van der Waals surface area contributed by atoms with Crippen LogP contribution in [0.4, 0.5) is 0 Å². The molecule has 2 aromatic heterocycles. The normalized spacial score (nSPS) is 12.6. The third-order valence-corrected chi connectivity index (χ3v) is 5.66. The van der Waals surface area contributed by atoms with Crippen LogP contribution in [0, 0.1) is 5.41 Å². The minimum absolute atomic E-state index is 0.00407. The number of carbonyl (C=O) groups is 1. The molecule has 0 aliphatic carbocycles. The third kappa shape index (κ3) is 6.39. The van der Waals surface area contributed by atoms with Crippen LogP contribution in [0.2, 0.25) is 0 Å². The molecule has 0 amide bonds. The van der Waals surface area contributed by atoms with Gasteiger partial charge in [-0.25, -0.2) is 14.8 Å². The predicted molar refractivity (Wildman–Crippen MR) is 140 cm³/mol. The van der Waals surface area contributed by atoms with Gasteiger partial charge in [0, 0.05) is 30.8 Å². The highest BCUT2D eigenvalue weighted by atomic mass is 16.6. The van der Waals surface area contributed by atoms with Gasteiger partial charge < -0.3 is 25.1 Å². The first kappa shape index (κ1) is 26.9. The lowest BCUT2D eigenvalue weighted by molar-refractivity contribution is -0.134. The number of carboxylic acid groups (broad SMARTS) is 1. The Morgan fingerprint density at radius 3 is 2.51 bits per heavy atom. The monoisotopic (exact) mass is 533 g/mol. The van der Waals surface area contributed by atoms with Crippen molar-refractivity contribution in [3.8, 4) is 23.2 Å². The predicted octanol–water partition coefficient (Wildman–Crippen LogP) is 1.88. The summed E-state index contributed by atoms with van der Waals surface area (Å²) in [6.07, 6.45) is 3.58. The van der Waals surface area contributed by atoms with Crippen molar-refractivity contribution in [1.29, 1.82) is 5.41 Å². The fourth-order valence-electron chi connectivity index (χ4n) is 3.96. The summed E-state index contributed by atoms with van der Waals surface area (Å²) in [4.78, 5) is 32.9. The highest BCUT2D eigenvalue weighted by Crippen LogP contribution is 2.43. The molecule has 0 saturated heterocycles. The van der Waals surface area contributed by atoms with E-state index in [0.717, 1.165) is 22.7 Å². The maximum Gasteiger partial charge on any atom is 0.350 e. The number of carboxylic acids is 1. The molecule has 5 N–H and O–H groups in total. The molecular formula is C26H27N7O6. The zero-order chi connectivity index (χ0) is 27.9. The molecule has 0 fully saturated rings. The van der Waals surface area contributed by atoms with E-state index in [0.29, 0.717) is 48.3 Å². The lowest BCUT2D eigenvalue weighted by atomic mass is 9.90. The number of ether oxygens (including phenoxy) is 3. The number of aromatic nitrogens is 5. The summed E-state index contributed by atoms with van der Waals surface area (Å²) < 4.78 is 18.3. The molecule has 4 aromatic rings. The SMILES string of the molecule is CC(=O)O.COc1cc(C(Cc2ccc(C(=N)N)cc2)c2nn(-c3ncccn3)c(=O)[nH]2)cc2c1OCCO2. The summed E-state index contributed by atoms with van der Waals surface area (Å²) in [5, 5.41) is 19.6. The molecule has 2 aromatic carbocycles. The van der Waals surface area contributed by atoms with Gasteiger partial charge in [-0.2, -0.15) is 0 Å². The van der Waals surface area contributed by atoms with Crippen molar-refractivity contribution in [3.63, 3.8) is 0 Å². The number of methoxy groups -OCH3 is 1. The molecule has 0 spiro atoms. The number of hydrogen-bond donors (Lipinski definition) is 4. The number of hydrogen-bond acceptors (Lipinski definition) is 9. The maximum atomic E-state index is 12.8. The van der Waals surface area contributed by atoms with Crippen LogP contribution < -0.4 is 25.6 Å². The molecule has 5 rings (SSSR count). The summed E-state index contributed by atoms with van der Waals surface area (Å²) in [6, 6.07) is 12.8. The average Bonchev–Trinajstić information content (AvgIpc) is 3.32. The van der Waals surface area contributed by atoms with Crippen molar-refractivity contribution in [2.75, 3.05) is 20.3 Å². The number of nitrogen functional groups attached to an aromatic ring is 1. The van der Waals surface area contributed by atoms with Crippen molar-refractivity contribution < 1.29 is 24.1 Å². The van der Waals surface area contributed by atoms with E-state index in [4.69, 9.17) is 35.3 Å². The number of amidine groups is 1. The van der Waals surface area contributed by atoms with Gasteiger partial charge in [0.15, 0.2) is 11.5 Å². The molecule has 1 aliphatic heterocycles. The average molecular weight is 534 g/mol. The Hall–Kier alpha value is -5.20. The summed E-state index contributed by atoms with van der Waals surface area (Å²) in [7, 11) is 1.57. The highest BCUT2D eigenvalue weighted by molar-refractivity contribution is 5.94. The number of aliphatic carboxylic acids is 1. The second kappa shape index (κ2) is 11.9. The first-order valence-electron chi connectivity index (χ1n) is 11.8. The van der Waals surface area contributed by atoms with Crippen LogP contribution in [-0.2, 0) is 11.2 Å². The first-order chi connectivity index (χ1) is 18.8. The number of fused-ring (bicyclic) bond motifs is 1. The minimum atomic E-state index is -0.833. The van der Waals surface area contributed by atoms with Gasteiger partial charge in [-0.05, 0) is 35.7 Å².